The Hall–Kier alpha value is 0.730. The quantitative estimate of drug-likeness (QED) is 0.329. The molecule has 0 heterocycles. The van der Waals surface area contributed by atoms with Crippen molar-refractivity contribution in [3.63, 3.8) is 0 Å². The van der Waals surface area contributed by atoms with Crippen LogP contribution in [0.15, 0.2) is 0 Å². The average Bonchev–Trinajstić information content (AvgIpc) is 2.38. The first kappa shape index (κ1) is 24.0. The minimum atomic E-state index is -0.654. The van der Waals surface area contributed by atoms with Gasteiger partial charge in [0.2, 0.25) is 0 Å². The molecule has 3 heteroatoms. The summed E-state index contributed by atoms with van der Waals surface area (Å²) >= 11 is 0. The number of carboxylic acids is 1. The molecule has 0 rings (SSSR count). The number of hydrogen-bond acceptors (Lipinski definition) is 1. The van der Waals surface area contributed by atoms with Crippen LogP contribution in [0.3, 0.4) is 0 Å². The van der Waals surface area contributed by atoms with Gasteiger partial charge < -0.3 is 5.11 Å². The third-order valence-electron chi connectivity index (χ3n) is 3.92. The minimum absolute atomic E-state index is 0. The van der Waals surface area contributed by atoms with Crippen molar-refractivity contribution in [2.45, 2.75) is 104 Å². The molecule has 0 aliphatic carbocycles. The van der Waals surface area contributed by atoms with Crippen LogP contribution in [0.2, 0.25) is 0 Å². The van der Waals surface area contributed by atoms with E-state index in [0.29, 0.717) is 6.42 Å². The molecule has 21 heavy (non-hydrogen) atoms. The van der Waals surface area contributed by atoms with Crippen LogP contribution in [-0.2, 0) is 4.79 Å². The third kappa shape index (κ3) is 23.1. The number of aliphatic carboxylic acids is 1. The van der Waals surface area contributed by atoms with E-state index in [0.717, 1.165) is 18.8 Å². The molecule has 0 amide bonds. The van der Waals surface area contributed by atoms with Crippen LogP contribution < -0.4 is 0 Å². The monoisotopic (exact) mass is 326 g/mol. The molecule has 0 aromatic rings. The van der Waals surface area contributed by atoms with Crippen molar-refractivity contribution in [2.75, 3.05) is 0 Å². The van der Waals surface area contributed by atoms with Gasteiger partial charge in [-0.3, -0.25) is 4.79 Å². The van der Waals surface area contributed by atoms with Gasteiger partial charge in [-0.2, -0.15) is 0 Å². The maximum absolute atomic E-state index is 10.3. The number of unbranched alkanes of at least 4 members (excludes halogenated alkanes) is 11. The Morgan fingerprint density at radius 1 is 0.714 bits per heavy atom. The normalized spacial score (nSPS) is 10.6. The van der Waals surface area contributed by atoms with Crippen LogP contribution in [0.25, 0.3) is 0 Å². The molecular weight excluding hydrogens is 288 g/mol. The van der Waals surface area contributed by atoms with Gasteiger partial charge in [0.1, 0.15) is 0 Å². The number of hydrogen-bond donors (Lipinski definition) is 1. The zero-order chi connectivity index (χ0) is 15.1. The van der Waals surface area contributed by atoms with Crippen molar-refractivity contribution in [1.82, 2.24) is 0 Å². The summed E-state index contributed by atoms with van der Waals surface area (Å²) in [5.74, 6) is 0.212. The van der Waals surface area contributed by atoms with Gasteiger partial charge in [0, 0.05) is 6.42 Å². The first-order chi connectivity index (χ1) is 9.63. The summed E-state index contributed by atoms with van der Waals surface area (Å²) in [6.07, 6.45) is 17.3. The molecule has 0 spiro atoms. The molecule has 0 aromatic heterocycles. The van der Waals surface area contributed by atoms with Crippen LogP contribution >= 0.6 is 0 Å². The van der Waals surface area contributed by atoms with Crippen LogP contribution in [-0.4, -0.2) is 48.8 Å². The second-order valence-electron chi connectivity index (χ2n) is 6.57. The fourth-order valence-electron chi connectivity index (χ4n) is 2.60. The topological polar surface area (TPSA) is 37.3 Å². The van der Waals surface area contributed by atoms with Gasteiger partial charge in [-0.15, -0.1) is 0 Å². The second-order valence-corrected chi connectivity index (χ2v) is 6.57. The molecule has 0 aliphatic rings. The summed E-state index contributed by atoms with van der Waals surface area (Å²) in [6, 6.07) is 0. The SMILES string of the molecule is CC(C)CCCCCCCCCCCCCCC(=O)O.[CaH2]. The van der Waals surface area contributed by atoms with Gasteiger partial charge in [0.25, 0.3) is 0 Å². The molecule has 2 nitrogen and oxygen atoms in total. The molecule has 0 bridgehead atoms. The van der Waals surface area contributed by atoms with E-state index in [1.165, 1.54) is 70.6 Å². The van der Waals surface area contributed by atoms with Crippen molar-refractivity contribution >= 4 is 43.7 Å². The van der Waals surface area contributed by atoms with Crippen molar-refractivity contribution < 1.29 is 9.90 Å². The maximum atomic E-state index is 10.3. The summed E-state index contributed by atoms with van der Waals surface area (Å²) in [5, 5.41) is 8.52. The summed E-state index contributed by atoms with van der Waals surface area (Å²) in [4.78, 5) is 10.3. The fraction of sp³-hybridized carbons (Fsp3) is 0.944. The Morgan fingerprint density at radius 2 is 1.05 bits per heavy atom. The molecule has 0 atom stereocenters. The third-order valence-corrected chi connectivity index (χ3v) is 3.92. The van der Waals surface area contributed by atoms with E-state index in [4.69, 9.17) is 5.11 Å². The Morgan fingerprint density at radius 3 is 1.38 bits per heavy atom. The molecule has 0 aromatic carbocycles. The summed E-state index contributed by atoms with van der Waals surface area (Å²) in [5.41, 5.74) is 0. The zero-order valence-corrected chi connectivity index (χ0v) is 13.8. The van der Waals surface area contributed by atoms with E-state index in [9.17, 15) is 4.79 Å². The van der Waals surface area contributed by atoms with Crippen LogP contribution in [0, 0.1) is 5.92 Å². The zero-order valence-electron chi connectivity index (χ0n) is 13.8. The number of rotatable bonds is 15. The average molecular weight is 327 g/mol. The van der Waals surface area contributed by atoms with Crippen molar-refractivity contribution in [3.8, 4) is 0 Å². The molecule has 0 saturated carbocycles. The van der Waals surface area contributed by atoms with E-state index in [1.807, 2.05) is 0 Å². The van der Waals surface area contributed by atoms with E-state index in [2.05, 4.69) is 13.8 Å². The van der Waals surface area contributed by atoms with Gasteiger partial charge >= 0.3 is 43.7 Å². The fourth-order valence-corrected chi connectivity index (χ4v) is 2.60. The van der Waals surface area contributed by atoms with Gasteiger partial charge in [-0.1, -0.05) is 90.9 Å². The van der Waals surface area contributed by atoms with Crippen molar-refractivity contribution in [3.05, 3.63) is 0 Å². The Balaban J connectivity index is 0. The van der Waals surface area contributed by atoms with Crippen LogP contribution in [0.5, 0.6) is 0 Å². The van der Waals surface area contributed by atoms with E-state index < -0.39 is 5.97 Å². The Labute approximate surface area is 162 Å². The standard InChI is InChI=1S/C18H36O2.Ca.2H/c1-17(2)15-13-11-9-7-5-3-4-6-8-10-12-14-16-18(19)20;;;/h17H,3-16H2,1-2H3,(H,19,20);;;. The molecule has 1 N–H and O–H groups in total. The predicted octanol–water partition coefficient (Wildman–Crippen LogP) is 5.27. The molecule has 124 valence electrons. The first-order valence-corrected chi connectivity index (χ1v) is 8.84. The molecule has 0 saturated heterocycles. The number of carboxylic acid groups (broad SMARTS) is 1. The number of carbonyl (C=O) groups is 1. The van der Waals surface area contributed by atoms with Gasteiger partial charge in [0.05, 0.1) is 0 Å². The van der Waals surface area contributed by atoms with E-state index >= 15 is 0 Å². The summed E-state index contributed by atoms with van der Waals surface area (Å²) in [7, 11) is 0. The van der Waals surface area contributed by atoms with Crippen molar-refractivity contribution in [2.24, 2.45) is 5.92 Å². The summed E-state index contributed by atoms with van der Waals surface area (Å²) < 4.78 is 0. The molecular formula is C18H38CaO2. The van der Waals surface area contributed by atoms with Crippen LogP contribution in [0.4, 0.5) is 0 Å². The first-order valence-electron chi connectivity index (χ1n) is 8.84. The molecule has 0 aliphatic heterocycles. The van der Waals surface area contributed by atoms with Gasteiger partial charge in [-0.25, -0.2) is 0 Å². The molecule has 0 fully saturated rings. The van der Waals surface area contributed by atoms with Crippen molar-refractivity contribution in [1.29, 1.82) is 0 Å². The van der Waals surface area contributed by atoms with Crippen LogP contribution in [0.1, 0.15) is 104 Å². The molecule has 0 radical (unpaired) electrons. The van der Waals surface area contributed by atoms with E-state index in [-0.39, 0.29) is 37.7 Å². The summed E-state index contributed by atoms with van der Waals surface area (Å²) in [6.45, 7) is 4.61. The second kappa shape index (κ2) is 18.8. The Kier molecular flexibility index (Phi) is 21.5. The van der Waals surface area contributed by atoms with E-state index in [1.54, 1.807) is 0 Å². The van der Waals surface area contributed by atoms with Gasteiger partial charge in [-0.05, 0) is 12.3 Å². The molecule has 0 unspecified atom stereocenters. The Bertz CT molecular complexity index is 217. The van der Waals surface area contributed by atoms with Gasteiger partial charge in [0.15, 0.2) is 0 Å². The predicted molar refractivity (Wildman–Crippen MR) is 95.7 cm³/mol.